The average molecular weight is 170 g/mol. The number of allylic oxidation sites excluding steroid dienone is 1. The molecule has 0 bridgehead atoms. The van der Waals surface area contributed by atoms with Crippen LogP contribution in [0.4, 0.5) is 0 Å². The number of carbonyl (C=O) groups is 1. The van der Waals surface area contributed by atoms with Gasteiger partial charge in [-0.2, -0.15) is 0 Å². The van der Waals surface area contributed by atoms with Crippen molar-refractivity contribution in [3.8, 4) is 0 Å². The maximum Gasteiger partial charge on any atom is 0.189 e. The summed E-state index contributed by atoms with van der Waals surface area (Å²) in [6.45, 7) is 4.00. The van der Waals surface area contributed by atoms with E-state index in [2.05, 4.69) is 4.99 Å². The van der Waals surface area contributed by atoms with Crippen LogP contribution in [0.1, 0.15) is 13.8 Å². The molecule has 0 aromatic heterocycles. The lowest BCUT2D eigenvalue weighted by molar-refractivity contribution is -0.102. The second-order valence-electron chi connectivity index (χ2n) is 2.15. The van der Waals surface area contributed by atoms with Gasteiger partial charge in [0, 0.05) is 12.6 Å². The third-order valence-corrected chi connectivity index (χ3v) is 1.41. The largest absolute Gasteiger partial charge is 0.479 e. The zero-order valence-corrected chi connectivity index (χ0v) is 7.63. The molecule has 0 aromatic carbocycles. The highest BCUT2D eigenvalue weighted by Gasteiger charge is 2.04. The molecule has 0 spiro atoms. The number of hydrogen-bond donors (Lipinski definition) is 1. The lowest BCUT2D eigenvalue weighted by Gasteiger charge is -2.05. The Labute approximate surface area is 72.1 Å². The maximum atomic E-state index is 10.4. The monoisotopic (exact) mass is 170 g/mol. The number of carbonyl (C=O) groups excluding carboxylic acids is 1. The number of rotatable bonds is 4. The van der Waals surface area contributed by atoms with Gasteiger partial charge < -0.3 is 10.5 Å². The summed E-state index contributed by atoms with van der Waals surface area (Å²) in [6, 6.07) is 0. The molecule has 0 aromatic rings. The summed E-state index contributed by atoms with van der Waals surface area (Å²) in [7, 11) is 1.53. The first kappa shape index (κ1) is 10.7. The molecule has 0 radical (unpaired) electrons. The van der Waals surface area contributed by atoms with E-state index in [1.807, 2.05) is 6.92 Å². The van der Waals surface area contributed by atoms with Crippen molar-refractivity contribution in [3.63, 3.8) is 0 Å². The van der Waals surface area contributed by atoms with Gasteiger partial charge in [0.15, 0.2) is 12.2 Å². The van der Waals surface area contributed by atoms with Crippen LogP contribution >= 0.6 is 0 Å². The summed E-state index contributed by atoms with van der Waals surface area (Å²) in [4.78, 5) is 14.2. The molecule has 68 valence electrons. The average Bonchev–Trinajstić information content (AvgIpc) is 2.07. The number of nitrogens with zero attached hydrogens (tertiary/aromatic N) is 1. The molecule has 0 atom stereocenters. The van der Waals surface area contributed by atoms with E-state index in [-0.39, 0.29) is 5.88 Å². The van der Waals surface area contributed by atoms with Crippen molar-refractivity contribution in [2.24, 2.45) is 10.7 Å². The fourth-order valence-electron chi connectivity index (χ4n) is 0.699. The first-order valence-electron chi connectivity index (χ1n) is 3.68. The minimum atomic E-state index is 0.255. The molecule has 0 heterocycles. The molecule has 0 saturated heterocycles. The van der Waals surface area contributed by atoms with Gasteiger partial charge in [0.2, 0.25) is 0 Å². The van der Waals surface area contributed by atoms with Gasteiger partial charge in [-0.15, -0.1) is 0 Å². The van der Waals surface area contributed by atoms with Crippen LogP contribution in [0.5, 0.6) is 0 Å². The van der Waals surface area contributed by atoms with Crippen LogP contribution in [-0.2, 0) is 9.53 Å². The highest BCUT2D eigenvalue weighted by molar-refractivity contribution is 6.36. The molecule has 0 aliphatic heterocycles. The second kappa shape index (κ2) is 5.35. The SMILES string of the molecule is CCO/C(N)=C(\C)C(C=O)=NC. The fourth-order valence-corrected chi connectivity index (χ4v) is 0.699. The van der Waals surface area contributed by atoms with Gasteiger partial charge in [0.05, 0.1) is 6.61 Å². The van der Waals surface area contributed by atoms with Gasteiger partial charge in [-0.1, -0.05) is 0 Å². The fraction of sp³-hybridized carbons (Fsp3) is 0.500. The molecule has 0 aliphatic carbocycles. The van der Waals surface area contributed by atoms with E-state index >= 15 is 0 Å². The van der Waals surface area contributed by atoms with Crippen molar-refractivity contribution >= 4 is 12.0 Å². The van der Waals surface area contributed by atoms with Crippen LogP contribution in [0.15, 0.2) is 16.4 Å². The van der Waals surface area contributed by atoms with E-state index in [1.54, 1.807) is 6.92 Å². The molecule has 4 nitrogen and oxygen atoms in total. The lowest BCUT2D eigenvalue weighted by atomic mass is 10.2. The molecule has 0 fully saturated rings. The molecule has 0 rings (SSSR count). The minimum Gasteiger partial charge on any atom is -0.479 e. The van der Waals surface area contributed by atoms with Crippen LogP contribution in [-0.4, -0.2) is 25.7 Å². The minimum absolute atomic E-state index is 0.255. The number of hydrogen-bond acceptors (Lipinski definition) is 4. The smallest absolute Gasteiger partial charge is 0.189 e. The van der Waals surface area contributed by atoms with Crippen LogP contribution in [0.2, 0.25) is 0 Å². The van der Waals surface area contributed by atoms with E-state index in [1.165, 1.54) is 7.05 Å². The Morgan fingerprint density at radius 1 is 1.67 bits per heavy atom. The zero-order chi connectivity index (χ0) is 9.56. The van der Waals surface area contributed by atoms with Crippen molar-refractivity contribution in [2.75, 3.05) is 13.7 Å². The quantitative estimate of drug-likeness (QED) is 0.379. The highest BCUT2D eigenvalue weighted by atomic mass is 16.5. The van der Waals surface area contributed by atoms with E-state index in [0.29, 0.717) is 24.2 Å². The molecular weight excluding hydrogens is 156 g/mol. The third kappa shape index (κ3) is 2.74. The Morgan fingerprint density at radius 3 is 2.58 bits per heavy atom. The van der Waals surface area contributed by atoms with Gasteiger partial charge in [-0.25, -0.2) is 0 Å². The number of ether oxygens (including phenoxy) is 1. The summed E-state index contributed by atoms with van der Waals surface area (Å²) in [5.41, 5.74) is 6.40. The number of nitrogens with two attached hydrogens (primary N) is 1. The van der Waals surface area contributed by atoms with Crippen LogP contribution in [0.3, 0.4) is 0 Å². The van der Waals surface area contributed by atoms with Crippen LogP contribution in [0, 0.1) is 0 Å². The Kier molecular flexibility index (Phi) is 4.76. The van der Waals surface area contributed by atoms with E-state index in [4.69, 9.17) is 10.5 Å². The third-order valence-electron chi connectivity index (χ3n) is 1.41. The molecule has 0 saturated carbocycles. The maximum absolute atomic E-state index is 10.4. The summed E-state index contributed by atoms with van der Waals surface area (Å²) in [6.07, 6.45) is 0.654. The van der Waals surface area contributed by atoms with Crippen molar-refractivity contribution in [3.05, 3.63) is 11.5 Å². The molecule has 0 amide bonds. The first-order chi connectivity index (χ1) is 5.67. The second-order valence-corrected chi connectivity index (χ2v) is 2.15. The van der Waals surface area contributed by atoms with Crippen LogP contribution < -0.4 is 5.73 Å². The normalized spacial score (nSPS) is 13.8. The van der Waals surface area contributed by atoms with Gasteiger partial charge in [0.1, 0.15) is 5.71 Å². The van der Waals surface area contributed by atoms with E-state index < -0.39 is 0 Å². The van der Waals surface area contributed by atoms with Crippen molar-refractivity contribution in [2.45, 2.75) is 13.8 Å². The summed E-state index contributed by atoms with van der Waals surface area (Å²) in [5.74, 6) is 0.255. The van der Waals surface area contributed by atoms with Crippen LogP contribution in [0.25, 0.3) is 0 Å². The summed E-state index contributed by atoms with van der Waals surface area (Å²) in [5, 5.41) is 0. The zero-order valence-electron chi connectivity index (χ0n) is 7.63. The van der Waals surface area contributed by atoms with Crippen molar-refractivity contribution in [1.82, 2.24) is 0 Å². The van der Waals surface area contributed by atoms with Crippen molar-refractivity contribution < 1.29 is 9.53 Å². The molecule has 0 aliphatic rings. The Bertz CT molecular complexity index is 219. The van der Waals surface area contributed by atoms with E-state index in [9.17, 15) is 4.79 Å². The predicted octanol–water partition coefficient (Wildman–Crippen LogP) is 0.483. The molecule has 2 N–H and O–H groups in total. The highest BCUT2D eigenvalue weighted by Crippen LogP contribution is 2.01. The summed E-state index contributed by atoms with van der Waals surface area (Å²) < 4.78 is 5.01. The lowest BCUT2D eigenvalue weighted by Crippen LogP contribution is -2.12. The van der Waals surface area contributed by atoms with E-state index in [0.717, 1.165) is 0 Å². The molecular formula is C8H14N2O2. The predicted molar refractivity (Wildman–Crippen MR) is 47.9 cm³/mol. The molecule has 4 heteroatoms. The van der Waals surface area contributed by atoms with Gasteiger partial charge in [0.25, 0.3) is 0 Å². The molecule has 0 unspecified atom stereocenters. The first-order valence-corrected chi connectivity index (χ1v) is 3.68. The number of aldehydes is 1. The standard InChI is InChI=1S/C8H14N2O2/c1-4-12-8(9)6(2)7(5-11)10-3/h5H,4,9H2,1-3H3/b8-6+,10-7?. The van der Waals surface area contributed by atoms with Gasteiger partial charge >= 0.3 is 0 Å². The topological polar surface area (TPSA) is 64.7 Å². The van der Waals surface area contributed by atoms with Gasteiger partial charge in [-0.05, 0) is 13.8 Å². The Hall–Kier alpha value is -1.32. The summed E-state index contributed by atoms with van der Waals surface area (Å²) >= 11 is 0. The molecule has 12 heavy (non-hydrogen) atoms. The Balaban J connectivity index is 4.63. The Morgan fingerprint density at radius 2 is 2.25 bits per heavy atom. The van der Waals surface area contributed by atoms with Gasteiger partial charge in [-0.3, -0.25) is 9.79 Å². The van der Waals surface area contributed by atoms with Crippen molar-refractivity contribution in [1.29, 1.82) is 0 Å². The number of aliphatic imine (C=N–C) groups is 1.